The summed E-state index contributed by atoms with van der Waals surface area (Å²) < 4.78 is 32.5. The van der Waals surface area contributed by atoms with Gasteiger partial charge in [-0.05, 0) is 39.3 Å². The lowest BCUT2D eigenvalue weighted by Gasteiger charge is -2.48. The number of alkyl halides is 2. The molecule has 2 saturated heterocycles. The van der Waals surface area contributed by atoms with Crippen LogP contribution in [0, 0.1) is 22.7 Å². The molecular formula is C30H34F2N10OS2. The Morgan fingerprint density at radius 1 is 1.20 bits per heavy atom. The Hall–Kier alpha value is -3.92. The Morgan fingerprint density at radius 2 is 1.96 bits per heavy atom. The largest absolute Gasteiger partial charge is 0.461 e. The van der Waals surface area contributed by atoms with E-state index in [1.807, 2.05) is 36.8 Å². The molecule has 0 bridgehead atoms. The van der Waals surface area contributed by atoms with E-state index in [9.17, 15) is 19.3 Å². The van der Waals surface area contributed by atoms with Crippen molar-refractivity contribution >= 4 is 45.6 Å². The van der Waals surface area contributed by atoms with E-state index in [-0.39, 0.29) is 35.5 Å². The van der Waals surface area contributed by atoms with Crippen LogP contribution < -0.4 is 26.0 Å². The smallest absolute Gasteiger partial charge is 0.320 e. The molecule has 2 fully saturated rings. The lowest BCUT2D eigenvalue weighted by molar-refractivity contribution is 0.0274. The zero-order valence-electron chi connectivity index (χ0n) is 25.3. The number of thioether (sulfide) groups is 1. The standard InChI is InChI=1S/C30H34F2N10OS2/c1-17(18-6-4-8-37-24(18)35)40(3)26-20(11-34)27(39-28(38-26)43-16-29(2)7-5-9-42(29)12-22(31)32)41-14-30(15-41)23-19(10-33)25(36)45-21(23)13-44-30/h4,6,8,17,22H,5,7,9,12-16,36H2,1-3H3,(H2,35,37)/t17-,29+/m1/s1. The second-order valence-electron chi connectivity index (χ2n) is 12.0. The number of hydrogen-bond acceptors (Lipinski definition) is 13. The van der Waals surface area contributed by atoms with Crippen LogP contribution in [-0.4, -0.2) is 71.6 Å². The number of halogens is 2. The Balaban J connectivity index is 1.35. The van der Waals surface area contributed by atoms with Gasteiger partial charge in [0.05, 0.1) is 28.4 Å². The first-order valence-electron chi connectivity index (χ1n) is 14.6. The van der Waals surface area contributed by atoms with Crippen LogP contribution in [0.15, 0.2) is 18.3 Å². The van der Waals surface area contributed by atoms with Gasteiger partial charge in [0.25, 0.3) is 6.43 Å². The highest BCUT2D eigenvalue weighted by Crippen LogP contribution is 2.58. The fraction of sp³-hybridized carbons (Fsp3) is 0.500. The molecular weight excluding hydrogens is 619 g/mol. The summed E-state index contributed by atoms with van der Waals surface area (Å²) >= 11 is 3.24. The molecule has 0 saturated carbocycles. The summed E-state index contributed by atoms with van der Waals surface area (Å²) in [5, 5.41) is 20.8. The fourth-order valence-corrected chi connectivity index (χ4v) is 9.43. The molecule has 45 heavy (non-hydrogen) atoms. The van der Waals surface area contributed by atoms with Crippen molar-refractivity contribution in [2.45, 2.75) is 55.2 Å². The molecule has 11 nitrogen and oxygen atoms in total. The van der Waals surface area contributed by atoms with Gasteiger partial charge in [0.2, 0.25) is 0 Å². The van der Waals surface area contributed by atoms with Crippen LogP contribution in [-0.2, 0) is 10.5 Å². The van der Waals surface area contributed by atoms with Crippen LogP contribution >= 0.6 is 23.1 Å². The van der Waals surface area contributed by atoms with Crippen molar-refractivity contribution in [2.24, 2.45) is 0 Å². The molecule has 3 aliphatic heterocycles. The molecule has 1 spiro atoms. The zero-order chi connectivity index (χ0) is 32.1. The lowest BCUT2D eigenvalue weighted by atomic mass is 9.88. The number of ether oxygens (including phenoxy) is 1. The van der Waals surface area contributed by atoms with Gasteiger partial charge in [0, 0.05) is 48.1 Å². The van der Waals surface area contributed by atoms with Gasteiger partial charge < -0.3 is 26.0 Å². The highest BCUT2D eigenvalue weighted by atomic mass is 32.2. The van der Waals surface area contributed by atoms with Crippen molar-refractivity contribution < 1.29 is 13.5 Å². The van der Waals surface area contributed by atoms with Gasteiger partial charge >= 0.3 is 6.01 Å². The minimum absolute atomic E-state index is 0.0561. The number of nitrogens with zero attached hydrogens (tertiary/aromatic N) is 8. The van der Waals surface area contributed by atoms with Crippen LogP contribution in [0.2, 0.25) is 0 Å². The van der Waals surface area contributed by atoms with Crippen molar-refractivity contribution in [3.8, 4) is 18.1 Å². The van der Waals surface area contributed by atoms with Gasteiger partial charge in [-0.3, -0.25) is 4.90 Å². The first-order chi connectivity index (χ1) is 21.5. The van der Waals surface area contributed by atoms with Gasteiger partial charge in [-0.15, -0.1) is 23.1 Å². The first-order valence-corrected chi connectivity index (χ1v) is 16.4. The lowest BCUT2D eigenvalue weighted by Crippen LogP contribution is -2.57. The number of likely N-dealkylation sites (tertiary alicyclic amines) is 1. The summed E-state index contributed by atoms with van der Waals surface area (Å²) in [4.78, 5) is 20.4. The van der Waals surface area contributed by atoms with Gasteiger partial charge in [-0.2, -0.15) is 20.5 Å². The van der Waals surface area contributed by atoms with Crippen LogP contribution in [0.25, 0.3) is 0 Å². The van der Waals surface area contributed by atoms with Crippen molar-refractivity contribution in [2.75, 3.05) is 61.1 Å². The van der Waals surface area contributed by atoms with E-state index in [0.29, 0.717) is 54.1 Å². The Bertz CT molecular complexity index is 1700. The predicted molar refractivity (Wildman–Crippen MR) is 172 cm³/mol. The van der Waals surface area contributed by atoms with E-state index in [4.69, 9.17) is 26.2 Å². The maximum atomic E-state index is 13.3. The molecule has 0 unspecified atom stereocenters. The Labute approximate surface area is 268 Å². The molecule has 3 aromatic heterocycles. The summed E-state index contributed by atoms with van der Waals surface area (Å²) in [6.07, 6.45) is 0.658. The highest BCUT2D eigenvalue weighted by Gasteiger charge is 2.53. The number of pyridine rings is 1. The Kier molecular flexibility index (Phi) is 8.14. The third kappa shape index (κ3) is 5.37. The van der Waals surface area contributed by atoms with E-state index >= 15 is 0 Å². The average Bonchev–Trinajstić information content (AvgIpc) is 3.65. The molecule has 4 N–H and O–H groups in total. The van der Waals surface area contributed by atoms with Gasteiger partial charge in [-0.25, -0.2) is 13.8 Å². The normalized spacial score (nSPS) is 20.9. The molecule has 6 heterocycles. The van der Waals surface area contributed by atoms with E-state index in [2.05, 4.69) is 17.1 Å². The minimum Gasteiger partial charge on any atom is -0.461 e. The number of nitriles is 2. The molecule has 0 amide bonds. The summed E-state index contributed by atoms with van der Waals surface area (Å²) in [5.41, 5.74) is 14.3. The summed E-state index contributed by atoms with van der Waals surface area (Å²) in [6, 6.07) is 8.03. The predicted octanol–water partition coefficient (Wildman–Crippen LogP) is 4.50. The molecule has 0 aliphatic carbocycles. The number of fused-ring (bicyclic) bond motifs is 2. The molecule has 3 aromatic rings. The number of rotatable bonds is 9. The number of nitrogen functional groups attached to an aromatic ring is 2. The van der Waals surface area contributed by atoms with Crippen LogP contribution in [0.4, 0.5) is 31.2 Å². The maximum absolute atomic E-state index is 13.3. The molecule has 0 aromatic carbocycles. The molecule has 236 valence electrons. The van der Waals surface area contributed by atoms with Crippen LogP contribution in [0.3, 0.4) is 0 Å². The van der Waals surface area contributed by atoms with Crippen molar-refractivity contribution in [1.29, 1.82) is 10.5 Å². The van der Waals surface area contributed by atoms with E-state index in [1.54, 1.807) is 28.9 Å². The molecule has 6 rings (SSSR count). The maximum Gasteiger partial charge on any atom is 0.320 e. The Morgan fingerprint density at radius 3 is 2.64 bits per heavy atom. The third-order valence-electron chi connectivity index (χ3n) is 9.22. The van der Waals surface area contributed by atoms with Crippen molar-refractivity contribution in [3.63, 3.8) is 0 Å². The summed E-state index contributed by atoms with van der Waals surface area (Å²) in [7, 11) is 1.82. The number of anilines is 4. The molecule has 0 radical (unpaired) electrons. The van der Waals surface area contributed by atoms with E-state index in [0.717, 1.165) is 28.2 Å². The highest BCUT2D eigenvalue weighted by molar-refractivity contribution is 8.00. The monoisotopic (exact) mass is 652 g/mol. The first kappa shape index (κ1) is 31.1. The SMILES string of the molecule is C[C@H](c1cccnc1N)N(C)c1nc(OC[C@]2(C)CCCN2CC(F)F)nc(N2CC3(C2)SCc2sc(N)c(C#N)c23)c1C#N. The van der Waals surface area contributed by atoms with Crippen LogP contribution in [0.5, 0.6) is 6.01 Å². The quantitative estimate of drug-likeness (QED) is 0.334. The van der Waals surface area contributed by atoms with E-state index < -0.39 is 12.0 Å². The van der Waals surface area contributed by atoms with Gasteiger partial charge in [0.15, 0.2) is 11.6 Å². The second-order valence-corrected chi connectivity index (χ2v) is 14.5. The number of thiophene rings is 1. The third-order valence-corrected chi connectivity index (χ3v) is 11.9. The number of nitrogens with two attached hydrogens (primary N) is 2. The fourth-order valence-electron chi connectivity index (χ4n) is 6.62. The summed E-state index contributed by atoms with van der Waals surface area (Å²) in [5.74, 6) is 1.91. The van der Waals surface area contributed by atoms with E-state index in [1.165, 1.54) is 11.3 Å². The summed E-state index contributed by atoms with van der Waals surface area (Å²) in [6.45, 7) is 5.25. The number of hydrogen-bond donors (Lipinski definition) is 2. The second kappa shape index (κ2) is 11.8. The topological polar surface area (TPSA) is 157 Å². The average molecular weight is 653 g/mol. The van der Waals surface area contributed by atoms with Crippen molar-refractivity contribution in [3.05, 3.63) is 45.5 Å². The molecule has 2 atom stereocenters. The minimum atomic E-state index is -2.45. The molecule has 15 heteroatoms. The zero-order valence-corrected chi connectivity index (χ0v) is 26.9. The van der Waals surface area contributed by atoms with Gasteiger partial charge in [0.1, 0.15) is 35.1 Å². The van der Waals surface area contributed by atoms with Crippen molar-refractivity contribution in [1.82, 2.24) is 19.9 Å². The van der Waals surface area contributed by atoms with Gasteiger partial charge in [-0.1, -0.05) is 6.07 Å². The molecule has 3 aliphatic rings. The van der Waals surface area contributed by atoms with Crippen LogP contribution in [0.1, 0.15) is 59.9 Å². The number of aromatic nitrogens is 3.